The number of nitrogens with one attached hydrogen (secondary N) is 3. The van der Waals surface area contributed by atoms with Crippen molar-refractivity contribution in [2.75, 3.05) is 11.9 Å². The molecule has 1 aromatic heterocycles. The first kappa shape index (κ1) is 19.3. The SMILES string of the molecule is CC1COc2c(S(=N)(=O)NC(=O)Nc3c4c(cc5c3C[C@H](F)C5)CCC4)cnn2C1. The Morgan fingerprint density at radius 2 is 2.17 bits per heavy atom. The zero-order valence-electron chi connectivity index (χ0n) is 16.7. The number of aryl methyl sites for hydroxylation is 1. The van der Waals surface area contributed by atoms with Crippen LogP contribution in [0, 0.1) is 10.7 Å². The summed E-state index contributed by atoms with van der Waals surface area (Å²) in [6.45, 7) is 3.05. The lowest BCUT2D eigenvalue weighted by molar-refractivity contribution is 0.170. The van der Waals surface area contributed by atoms with Crippen molar-refractivity contribution >= 4 is 21.6 Å². The molecular weight excluding hydrogens is 409 g/mol. The number of carbonyl (C=O) groups excluding carboxylic acids is 1. The summed E-state index contributed by atoms with van der Waals surface area (Å²) in [5.41, 5.74) is 4.52. The molecule has 2 amide bonds. The average molecular weight is 434 g/mol. The number of fused-ring (bicyclic) bond motifs is 3. The molecule has 0 fully saturated rings. The van der Waals surface area contributed by atoms with Crippen LogP contribution in [0.4, 0.5) is 14.9 Å². The quantitative estimate of drug-likeness (QED) is 0.691. The third-order valence-corrected chi connectivity index (χ3v) is 7.37. The molecule has 10 heteroatoms. The van der Waals surface area contributed by atoms with E-state index < -0.39 is 22.1 Å². The lowest BCUT2D eigenvalue weighted by Gasteiger charge is -2.22. The number of amides is 2. The molecule has 8 nitrogen and oxygen atoms in total. The predicted octanol–water partition coefficient (Wildman–Crippen LogP) is 2.98. The van der Waals surface area contributed by atoms with E-state index in [1.807, 2.05) is 6.92 Å². The number of carbonyl (C=O) groups is 1. The maximum Gasteiger partial charge on any atom is 0.331 e. The van der Waals surface area contributed by atoms with E-state index in [0.29, 0.717) is 25.3 Å². The van der Waals surface area contributed by atoms with Crippen molar-refractivity contribution in [2.24, 2.45) is 5.92 Å². The summed E-state index contributed by atoms with van der Waals surface area (Å²) in [4.78, 5) is 12.8. The Morgan fingerprint density at radius 3 is 3.00 bits per heavy atom. The van der Waals surface area contributed by atoms with Crippen molar-refractivity contribution < 1.29 is 18.1 Å². The third-order valence-electron chi connectivity index (χ3n) is 6.00. The van der Waals surface area contributed by atoms with Gasteiger partial charge in [0.15, 0.2) is 9.92 Å². The normalized spacial score (nSPS) is 23.7. The highest BCUT2D eigenvalue weighted by molar-refractivity contribution is 7.91. The van der Waals surface area contributed by atoms with Gasteiger partial charge in [-0.05, 0) is 41.5 Å². The zero-order chi connectivity index (χ0) is 21.0. The molecule has 3 N–H and O–H groups in total. The predicted molar refractivity (Wildman–Crippen MR) is 109 cm³/mol. The lowest BCUT2D eigenvalue weighted by Crippen LogP contribution is -2.34. The molecule has 2 unspecified atom stereocenters. The van der Waals surface area contributed by atoms with Crippen molar-refractivity contribution in [3.05, 3.63) is 34.5 Å². The summed E-state index contributed by atoms with van der Waals surface area (Å²) in [7, 11) is -3.68. The van der Waals surface area contributed by atoms with Gasteiger partial charge in [-0.15, -0.1) is 0 Å². The average Bonchev–Trinajstić information content (AvgIpc) is 3.37. The fourth-order valence-electron chi connectivity index (χ4n) is 4.67. The van der Waals surface area contributed by atoms with Crippen LogP contribution in [0.5, 0.6) is 5.88 Å². The molecule has 1 aliphatic heterocycles. The van der Waals surface area contributed by atoms with E-state index in [9.17, 15) is 13.4 Å². The van der Waals surface area contributed by atoms with Gasteiger partial charge in [-0.1, -0.05) is 13.0 Å². The zero-order valence-corrected chi connectivity index (χ0v) is 17.5. The van der Waals surface area contributed by atoms with Gasteiger partial charge >= 0.3 is 6.03 Å². The number of halogens is 1. The Balaban J connectivity index is 1.40. The maximum atomic E-state index is 14.0. The van der Waals surface area contributed by atoms with Gasteiger partial charge < -0.3 is 10.1 Å². The second-order valence-corrected chi connectivity index (χ2v) is 10.2. The van der Waals surface area contributed by atoms with Gasteiger partial charge in [-0.2, -0.15) is 5.10 Å². The number of rotatable bonds is 3. The number of benzene rings is 1. The number of urea groups is 1. The molecule has 0 radical (unpaired) electrons. The molecule has 0 spiro atoms. The van der Waals surface area contributed by atoms with E-state index in [1.165, 1.54) is 6.20 Å². The number of hydrogen-bond donors (Lipinski definition) is 3. The minimum absolute atomic E-state index is 0.0527. The number of aromatic nitrogens is 2. The molecule has 0 saturated carbocycles. The van der Waals surface area contributed by atoms with Crippen molar-refractivity contribution in [3.63, 3.8) is 0 Å². The topological polar surface area (TPSA) is 109 Å². The minimum atomic E-state index is -3.68. The molecular formula is C20H24FN5O3S. The molecule has 1 aromatic carbocycles. The van der Waals surface area contributed by atoms with E-state index >= 15 is 0 Å². The van der Waals surface area contributed by atoms with Gasteiger partial charge in [-0.25, -0.2) is 27.6 Å². The molecule has 3 aliphatic rings. The highest BCUT2D eigenvalue weighted by Gasteiger charge is 2.31. The van der Waals surface area contributed by atoms with Crippen molar-refractivity contribution in [1.29, 1.82) is 4.78 Å². The smallest absolute Gasteiger partial charge is 0.331 e. The Hall–Kier alpha value is -2.62. The standard InChI is InChI=1S/C20H24FN5O3S/c1-11-9-26-19(29-10-11)17(8-23-26)30(22,28)25-20(27)24-18-15-4-2-3-12(15)5-13-6-14(21)7-16(13)18/h5,8,11,14H,2-4,6-7,9-10H2,1H3,(H3,22,24,25,27,28)/t11?,14-,30?/m1/s1. The van der Waals surface area contributed by atoms with Crippen LogP contribution in [-0.2, 0) is 42.1 Å². The van der Waals surface area contributed by atoms with Crippen LogP contribution in [0.1, 0.15) is 35.6 Å². The number of nitrogens with zero attached hydrogens (tertiary/aromatic N) is 2. The van der Waals surface area contributed by atoms with Crippen LogP contribution < -0.4 is 14.8 Å². The Morgan fingerprint density at radius 1 is 1.33 bits per heavy atom. The van der Waals surface area contributed by atoms with Crippen LogP contribution in [0.3, 0.4) is 0 Å². The molecule has 160 valence electrons. The van der Waals surface area contributed by atoms with E-state index in [2.05, 4.69) is 21.2 Å². The molecule has 30 heavy (non-hydrogen) atoms. The highest BCUT2D eigenvalue weighted by atomic mass is 32.2. The second kappa shape index (κ2) is 6.97. The molecule has 0 saturated heterocycles. The Labute approximate surface area is 174 Å². The minimum Gasteiger partial charge on any atom is -0.477 e. The molecule has 3 atom stereocenters. The summed E-state index contributed by atoms with van der Waals surface area (Å²) < 4.78 is 44.8. The summed E-state index contributed by atoms with van der Waals surface area (Å²) in [6.07, 6.45) is 3.68. The Bertz CT molecular complexity index is 1140. The van der Waals surface area contributed by atoms with Crippen LogP contribution in [0.15, 0.2) is 17.2 Å². The first-order chi connectivity index (χ1) is 14.3. The monoisotopic (exact) mass is 433 g/mol. The van der Waals surface area contributed by atoms with Crippen LogP contribution >= 0.6 is 0 Å². The summed E-state index contributed by atoms with van der Waals surface area (Å²) >= 11 is 0. The van der Waals surface area contributed by atoms with Gasteiger partial charge in [0, 0.05) is 24.4 Å². The molecule has 5 rings (SSSR count). The van der Waals surface area contributed by atoms with E-state index in [0.717, 1.165) is 41.5 Å². The largest absolute Gasteiger partial charge is 0.477 e. The molecule has 0 bridgehead atoms. The van der Waals surface area contributed by atoms with Crippen molar-refractivity contribution in [2.45, 2.75) is 56.6 Å². The summed E-state index contributed by atoms with van der Waals surface area (Å²) in [6, 6.07) is 1.31. The van der Waals surface area contributed by atoms with Gasteiger partial charge in [-0.3, -0.25) is 0 Å². The Kier molecular flexibility index (Phi) is 4.49. The lowest BCUT2D eigenvalue weighted by atomic mass is 9.99. The van der Waals surface area contributed by atoms with Crippen LogP contribution in [-0.4, -0.2) is 32.8 Å². The first-order valence-corrected chi connectivity index (χ1v) is 11.7. The molecule has 2 aliphatic carbocycles. The fourth-order valence-corrected chi connectivity index (χ4v) is 5.70. The molecule has 2 aromatic rings. The van der Waals surface area contributed by atoms with Gasteiger partial charge in [0.2, 0.25) is 5.88 Å². The number of anilines is 1. The van der Waals surface area contributed by atoms with Gasteiger partial charge in [0.1, 0.15) is 11.1 Å². The summed E-state index contributed by atoms with van der Waals surface area (Å²) in [5, 5.41) is 6.93. The van der Waals surface area contributed by atoms with E-state index in [1.54, 1.807) is 4.68 Å². The third kappa shape index (κ3) is 3.23. The van der Waals surface area contributed by atoms with Gasteiger partial charge in [0.05, 0.1) is 19.3 Å². The highest BCUT2D eigenvalue weighted by Crippen LogP contribution is 2.39. The van der Waals surface area contributed by atoms with Crippen LogP contribution in [0.25, 0.3) is 0 Å². The second-order valence-electron chi connectivity index (χ2n) is 8.41. The van der Waals surface area contributed by atoms with Crippen molar-refractivity contribution in [3.8, 4) is 5.88 Å². The maximum absolute atomic E-state index is 14.0. The number of hydrogen-bond acceptors (Lipinski definition) is 5. The fraction of sp³-hybridized carbons (Fsp3) is 0.500. The van der Waals surface area contributed by atoms with Crippen molar-refractivity contribution in [1.82, 2.24) is 14.5 Å². The summed E-state index contributed by atoms with van der Waals surface area (Å²) in [5.74, 6) is 0.514. The van der Waals surface area contributed by atoms with E-state index in [4.69, 9.17) is 9.52 Å². The number of alkyl halides is 1. The first-order valence-electron chi connectivity index (χ1n) is 10.2. The number of ether oxygens (including phenoxy) is 1. The van der Waals surface area contributed by atoms with Crippen LogP contribution in [0.2, 0.25) is 0 Å². The van der Waals surface area contributed by atoms with E-state index in [-0.39, 0.29) is 23.1 Å². The molecule has 2 heterocycles. The van der Waals surface area contributed by atoms with Gasteiger partial charge in [0.25, 0.3) is 0 Å².